The highest BCUT2D eigenvalue weighted by atomic mass is 35.5. The minimum Gasteiger partial charge on any atom is -0.497 e. The number of hydrazine groups is 1. The first-order valence-electron chi connectivity index (χ1n) is 10.8. The van der Waals surface area contributed by atoms with Crippen LogP contribution in [0.25, 0.3) is 0 Å². The Hall–Kier alpha value is -3.08. The van der Waals surface area contributed by atoms with Crippen molar-refractivity contribution in [3.8, 4) is 11.5 Å². The maximum absolute atomic E-state index is 12.6. The molecule has 9 nitrogen and oxygen atoms in total. The smallest absolute Gasteiger partial charge is 0.234 e. The molecule has 0 bridgehead atoms. The van der Waals surface area contributed by atoms with Gasteiger partial charge in [-0.3, -0.25) is 10.2 Å². The van der Waals surface area contributed by atoms with Crippen LogP contribution in [0.2, 0.25) is 5.02 Å². The number of fused-ring (bicyclic) bond motifs is 3. The summed E-state index contributed by atoms with van der Waals surface area (Å²) in [4.78, 5) is 14.7. The summed E-state index contributed by atoms with van der Waals surface area (Å²) in [5.74, 6) is 1.26. The first kappa shape index (κ1) is 22.7. The molecule has 3 unspecified atom stereocenters. The second-order valence-corrected chi connectivity index (χ2v) is 9.40. The molecule has 0 aliphatic carbocycles. The van der Waals surface area contributed by atoms with E-state index in [1.807, 2.05) is 24.5 Å². The van der Waals surface area contributed by atoms with Gasteiger partial charge in [0.25, 0.3) is 0 Å². The van der Waals surface area contributed by atoms with Gasteiger partial charge in [-0.25, -0.2) is 5.43 Å². The fraction of sp³-hybridized carbons (Fsp3) is 0.304. The summed E-state index contributed by atoms with van der Waals surface area (Å²) in [7, 11) is 3.14. The normalized spacial score (nSPS) is 22.6. The minimum absolute atomic E-state index is 0.0150. The Balaban J connectivity index is 1.19. The van der Waals surface area contributed by atoms with Gasteiger partial charge in [-0.15, -0.1) is 0 Å². The fourth-order valence-electron chi connectivity index (χ4n) is 4.29. The quantitative estimate of drug-likeness (QED) is 0.556. The van der Waals surface area contributed by atoms with Gasteiger partial charge >= 0.3 is 0 Å². The Labute approximate surface area is 207 Å². The van der Waals surface area contributed by atoms with E-state index in [4.69, 9.17) is 21.1 Å². The number of rotatable bonds is 6. The number of nitrogens with one attached hydrogen (secondary N) is 3. The molecule has 0 spiro atoms. The van der Waals surface area contributed by atoms with E-state index in [0.717, 1.165) is 16.6 Å². The van der Waals surface area contributed by atoms with E-state index < -0.39 is 0 Å². The summed E-state index contributed by atoms with van der Waals surface area (Å²) >= 11 is 7.42. The van der Waals surface area contributed by atoms with Crippen molar-refractivity contribution in [3.05, 3.63) is 65.5 Å². The van der Waals surface area contributed by atoms with Crippen LogP contribution in [0.5, 0.6) is 11.5 Å². The second kappa shape index (κ2) is 9.65. The fourth-order valence-corrected chi connectivity index (χ4v) is 5.19. The highest BCUT2D eigenvalue weighted by molar-refractivity contribution is 8.14. The average molecular weight is 501 g/mol. The summed E-state index contributed by atoms with van der Waals surface area (Å²) in [6.07, 6.45) is 4.89. The zero-order valence-electron chi connectivity index (χ0n) is 18.7. The van der Waals surface area contributed by atoms with Crippen molar-refractivity contribution in [1.29, 1.82) is 0 Å². The molecule has 3 heterocycles. The number of ether oxygens (including phenoxy) is 2. The van der Waals surface area contributed by atoms with E-state index in [0.29, 0.717) is 17.2 Å². The zero-order valence-corrected chi connectivity index (χ0v) is 20.3. The lowest BCUT2D eigenvalue weighted by molar-refractivity contribution is -0.113. The molecule has 0 radical (unpaired) electrons. The van der Waals surface area contributed by atoms with Crippen LogP contribution in [0.15, 0.2) is 60.0 Å². The average Bonchev–Trinajstić information content (AvgIpc) is 3.47. The second-order valence-electron chi connectivity index (χ2n) is 8.02. The maximum Gasteiger partial charge on any atom is 0.234 e. The number of thioether (sulfide) groups is 1. The lowest BCUT2D eigenvalue weighted by atomic mass is 10.00. The number of amides is 1. The van der Waals surface area contributed by atoms with Crippen LogP contribution in [0.1, 0.15) is 18.0 Å². The Morgan fingerprint density at radius 3 is 2.79 bits per heavy atom. The summed E-state index contributed by atoms with van der Waals surface area (Å²) in [5, 5.41) is 11.0. The third kappa shape index (κ3) is 4.48. The molecule has 3 N–H and O–H groups in total. The van der Waals surface area contributed by atoms with Crippen molar-refractivity contribution in [3.63, 3.8) is 0 Å². The third-order valence-corrected chi connectivity index (χ3v) is 7.21. The van der Waals surface area contributed by atoms with E-state index in [2.05, 4.69) is 43.3 Å². The predicted octanol–water partition coefficient (Wildman–Crippen LogP) is 3.34. The van der Waals surface area contributed by atoms with Crippen LogP contribution in [0.3, 0.4) is 0 Å². The molecule has 2 aromatic rings. The molecule has 1 amide bonds. The molecule has 1 fully saturated rings. The van der Waals surface area contributed by atoms with Crippen molar-refractivity contribution in [2.24, 2.45) is 5.10 Å². The monoisotopic (exact) mass is 500 g/mol. The van der Waals surface area contributed by atoms with Crippen LogP contribution in [-0.4, -0.2) is 53.2 Å². The van der Waals surface area contributed by atoms with Gasteiger partial charge < -0.3 is 24.7 Å². The van der Waals surface area contributed by atoms with Gasteiger partial charge in [0.1, 0.15) is 17.7 Å². The number of hydrogen-bond acceptors (Lipinski definition) is 9. The number of carbonyl (C=O) groups is 1. The molecule has 11 heteroatoms. The molecule has 3 atom stereocenters. The predicted molar refractivity (Wildman–Crippen MR) is 134 cm³/mol. The van der Waals surface area contributed by atoms with E-state index >= 15 is 0 Å². The minimum atomic E-state index is -0.157. The van der Waals surface area contributed by atoms with E-state index in [-0.39, 0.29) is 29.9 Å². The molecule has 5 rings (SSSR count). The zero-order chi connectivity index (χ0) is 23.7. The Bertz CT molecular complexity index is 1130. The van der Waals surface area contributed by atoms with Crippen LogP contribution in [0, 0.1) is 0 Å². The first-order chi connectivity index (χ1) is 16.6. The summed E-state index contributed by atoms with van der Waals surface area (Å²) in [6.45, 7) is 0. The van der Waals surface area contributed by atoms with Crippen LogP contribution < -0.4 is 25.6 Å². The number of benzene rings is 2. The molecular formula is C23H25ClN6O3S. The maximum atomic E-state index is 12.6. The summed E-state index contributed by atoms with van der Waals surface area (Å²) in [6, 6.07) is 13.6. The standard InChI is InChI=1S/C23H25ClN6O3S/c1-32-16-7-8-20(33-2)18(11-16)25-21(31)13-34-23-27-26-22-19-12-17(14-3-5-15(24)6-4-14)28-30(19)10-9-29(22)23/h3-11,17,19,22,26,28H,12-13H2,1-2H3,(H,25,31). The largest absolute Gasteiger partial charge is 0.497 e. The Morgan fingerprint density at radius 2 is 2.03 bits per heavy atom. The molecule has 0 aromatic heterocycles. The molecule has 1 saturated heterocycles. The van der Waals surface area contributed by atoms with Crippen molar-refractivity contribution >= 4 is 40.1 Å². The number of amidine groups is 1. The number of methoxy groups -OCH3 is 2. The molecule has 2 aromatic carbocycles. The molecule has 0 saturated carbocycles. The highest BCUT2D eigenvalue weighted by Gasteiger charge is 2.44. The Morgan fingerprint density at radius 1 is 1.21 bits per heavy atom. The number of hydrazone groups is 1. The number of anilines is 1. The lowest BCUT2D eigenvalue weighted by Crippen LogP contribution is -2.54. The van der Waals surface area contributed by atoms with E-state index in [1.54, 1.807) is 32.4 Å². The van der Waals surface area contributed by atoms with Crippen LogP contribution >= 0.6 is 23.4 Å². The van der Waals surface area contributed by atoms with Gasteiger partial charge in [-0.1, -0.05) is 35.5 Å². The first-order valence-corrected chi connectivity index (χ1v) is 12.2. The van der Waals surface area contributed by atoms with Gasteiger partial charge in [-0.2, -0.15) is 5.10 Å². The number of carbonyl (C=O) groups excluding carboxylic acids is 1. The summed E-state index contributed by atoms with van der Waals surface area (Å²) < 4.78 is 10.6. The third-order valence-electron chi connectivity index (χ3n) is 5.99. The van der Waals surface area contributed by atoms with Gasteiger partial charge in [0.05, 0.1) is 37.7 Å². The lowest BCUT2D eigenvalue weighted by Gasteiger charge is -2.36. The van der Waals surface area contributed by atoms with E-state index in [1.165, 1.54) is 17.3 Å². The highest BCUT2D eigenvalue weighted by Crippen LogP contribution is 2.35. The van der Waals surface area contributed by atoms with Gasteiger partial charge in [0.2, 0.25) is 5.91 Å². The molecular weight excluding hydrogens is 476 g/mol. The molecule has 34 heavy (non-hydrogen) atoms. The van der Waals surface area contributed by atoms with Crippen molar-refractivity contribution in [2.75, 3.05) is 25.3 Å². The number of halogens is 1. The number of nitrogens with zero attached hydrogens (tertiary/aromatic N) is 3. The van der Waals surface area contributed by atoms with Crippen LogP contribution in [-0.2, 0) is 4.79 Å². The van der Waals surface area contributed by atoms with Crippen LogP contribution in [0.4, 0.5) is 5.69 Å². The van der Waals surface area contributed by atoms with Crippen molar-refractivity contribution in [1.82, 2.24) is 20.8 Å². The topological polar surface area (TPSA) is 90.5 Å². The SMILES string of the molecule is COc1ccc(OC)c(NC(=O)CSC2=NNC3C4CC(c5ccc(Cl)cc5)NN4C=CN23)c1. The molecule has 178 valence electrons. The van der Waals surface area contributed by atoms with Crippen molar-refractivity contribution in [2.45, 2.75) is 24.7 Å². The molecule has 3 aliphatic rings. The van der Waals surface area contributed by atoms with E-state index in [9.17, 15) is 4.79 Å². The number of hydrogen-bond donors (Lipinski definition) is 3. The Kier molecular flexibility index (Phi) is 6.44. The van der Waals surface area contributed by atoms with Gasteiger partial charge in [0.15, 0.2) is 5.17 Å². The van der Waals surface area contributed by atoms with Gasteiger partial charge in [0, 0.05) is 23.5 Å². The van der Waals surface area contributed by atoms with Gasteiger partial charge in [-0.05, 0) is 36.2 Å². The molecule has 3 aliphatic heterocycles. The summed E-state index contributed by atoms with van der Waals surface area (Å²) in [5.41, 5.74) is 8.54. The van der Waals surface area contributed by atoms with Crippen molar-refractivity contribution < 1.29 is 14.3 Å².